The van der Waals surface area contributed by atoms with Crippen LogP contribution >= 0.6 is 11.3 Å². The highest BCUT2D eigenvalue weighted by Gasteiger charge is 2.29. The van der Waals surface area contributed by atoms with Gasteiger partial charge in [0.15, 0.2) is 0 Å². The minimum absolute atomic E-state index is 0.0381. The minimum Gasteiger partial charge on any atom is -0.296 e. The molecule has 0 saturated carbocycles. The fourth-order valence-electron chi connectivity index (χ4n) is 4.09. The number of hydrogen-bond acceptors (Lipinski definition) is 6. The molecule has 3 aromatic rings. The Bertz CT molecular complexity index is 999. The molecule has 0 amide bonds. The Balaban J connectivity index is 1.21. The van der Waals surface area contributed by atoms with Gasteiger partial charge in [0.05, 0.1) is 24.5 Å². The fraction of sp³-hybridized carbons (Fsp3) is 0.429. The standard InChI is InChI=1S/C21H23N5OS/c27-21-6-5-17(16-7-9-22-10-8-16)24-26(21)13-15-11-25(12-15)14-20-23-18-3-1-2-4-19(18)28-20/h5-10,15H,1-4,11-14H2. The predicted molar refractivity (Wildman–Crippen MR) is 109 cm³/mol. The fourth-order valence-corrected chi connectivity index (χ4v) is 5.29. The molecule has 0 spiro atoms. The number of aromatic nitrogens is 4. The lowest BCUT2D eigenvalue weighted by molar-refractivity contribution is 0.0766. The lowest BCUT2D eigenvalue weighted by Gasteiger charge is -2.38. The maximum atomic E-state index is 12.2. The Kier molecular flexibility index (Phi) is 4.78. The second kappa shape index (κ2) is 7.56. The van der Waals surface area contributed by atoms with E-state index < -0.39 is 0 Å². The smallest absolute Gasteiger partial charge is 0.266 e. The van der Waals surface area contributed by atoms with Crippen molar-refractivity contribution in [2.24, 2.45) is 5.92 Å². The summed E-state index contributed by atoms with van der Waals surface area (Å²) >= 11 is 1.89. The molecule has 3 aromatic heterocycles. The van der Waals surface area contributed by atoms with Gasteiger partial charge < -0.3 is 0 Å². The number of hydrogen-bond donors (Lipinski definition) is 0. The first-order valence-corrected chi connectivity index (χ1v) is 10.7. The summed E-state index contributed by atoms with van der Waals surface area (Å²) in [4.78, 5) is 25.0. The van der Waals surface area contributed by atoms with Crippen LogP contribution in [0.4, 0.5) is 0 Å². The zero-order valence-corrected chi connectivity index (χ0v) is 16.6. The van der Waals surface area contributed by atoms with Gasteiger partial charge in [-0.2, -0.15) is 5.10 Å². The summed E-state index contributed by atoms with van der Waals surface area (Å²) in [6.45, 7) is 3.60. The van der Waals surface area contributed by atoms with E-state index in [1.165, 1.54) is 34.8 Å². The predicted octanol–water partition coefficient (Wildman–Crippen LogP) is 2.77. The van der Waals surface area contributed by atoms with E-state index in [9.17, 15) is 4.79 Å². The summed E-state index contributed by atoms with van der Waals surface area (Å²) < 4.78 is 1.61. The molecule has 0 radical (unpaired) electrons. The van der Waals surface area contributed by atoms with E-state index in [4.69, 9.17) is 4.98 Å². The zero-order valence-electron chi connectivity index (χ0n) is 15.8. The Hall–Kier alpha value is -2.38. The summed E-state index contributed by atoms with van der Waals surface area (Å²) in [7, 11) is 0. The number of rotatable bonds is 5. The number of likely N-dealkylation sites (tertiary alicyclic amines) is 1. The number of fused-ring (bicyclic) bond motifs is 1. The molecule has 0 atom stereocenters. The molecule has 0 N–H and O–H groups in total. The second-order valence-corrected chi connectivity index (χ2v) is 8.89. The number of thiazole rings is 1. The van der Waals surface area contributed by atoms with Gasteiger partial charge >= 0.3 is 0 Å². The largest absolute Gasteiger partial charge is 0.296 e. The van der Waals surface area contributed by atoms with Gasteiger partial charge in [-0.25, -0.2) is 9.67 Å². The summed E-state index contributed by atoms with van der Waals surface area (Å²) in [5.41, 5.74) is 3.09. The molecule has 0 unspecified atom stereocenters. The van der Waals surface area contributed by atoms with Crippen molar-refractivity contribution in [2.45, 2.75) is 38.8 Å². The first-order valence-electron chi connectivity index (χ1n) is 9.93. The third kappa shape index (κ3) is 3.64. The molecule has 2 aliphatic rings. The Morgan fingerprint density at radius 1 is 1.07 bits per heavy atom. The summed E-state index contributed by atoms with van der Waals surface area (Å²) in [5.74, 6) is 0.465. The van der Waals surface area contributed by atoms with E-state index in [1.54, 1.807) is 29.2 Å². The number of aryl methyl sites for hydroxylation is 2. The van der Waals surface area contributed by atoms with Crippen LogP contribution in [0.5, 0.6) is 0 Å². The van der Waals surface area contributed by atoms with E-state index >= 15 is 0 Å². The average molecular weight is 394 g/mol. The van der Waals surface area contributed by atoms with Crippen LogP contribution in [0.3, 0.4) is 0 Å². The molecule has 5 rings (SSSR count). The molecule has 1 saturated heterocycles. The first kappa shape index (κ1) is 17.7. The van der Waals surface area contributed by atoms with Crippen molar-refractivity contribution >= 4 is 11.3 Å². The maximum Gasteiger partial charge on any atom is 0.266 e. The van der Waals surface area contributed by atoms with Crippen molar-refractivity contribution < 1.29 is 0 Å². The third-order valence-electron chi connectivity index (χ3n) is 5.56. The first-order chi connectivity index (χ1) is 13.7. The minimum atomic E-state index is -0.0381. The monoisotopic (exact) mass is 393 g/mol. The third-order valence-corrected chi connectivity index (χ3v) is 6.70. The molecular formula is C21H23N5OS. The molecule has 4 heterocycles. The molecule has 7 heteroatoms. The topological polar surface area (TPSA) is 63.9 Å². The van der Waals surface area contributed by atoms with Crippen molar-refractivity contribution in [3.05, 3.63) is 62.6 Å². The van der Waals surface area contributed by atoms with Crippen LogP contribution in [-0.4, -0.2) is 37.7 Å². The van der Waals surface area contributed by atoms with Gasteiger partial charge in [-0.1, -0.05) is 0 Å². The average Bonchev–Trinajstić information content (AvgIpc) is 3.11. The van der Waals surface area contributed by atoms with Gasteiger partial charge in [0, 0.05) is 47.9 Å². The molecule has 0 bridgehead atoms. The highest BCUT2D eigenvalue weighted by molar-refractivity contribution is 7.11. The molecule has 6 nitrogen and oxygen atoms in total. The van der Waals surface area contributed by atoms with Crippen molar-refractivity contribution in [2.75, 3.05) is 13.1 Å². The Morgan fingerprint density at radius 2 is 1.89 bits per heavy atom. The maximum absolute atomic E-state index is 12.2. The molecule has 1 aliphatic heterocycles. The van der Waals surface area contributed by atoms with Crippen LogP contribution in [0.15, 0.2) is 41.5 Å². The molecule has 1 fully saturated rings. The van der Waals surface area contributed by atoms with Crippen LogP contribution in [0, 0.1) is 5.92 Å². The van der Waals surface area contributed by atoms with Crippen LogP contribution in [0.2, 0.25) is 0 Å². The van der Waals surface area contributed by atoms with Gasteiger partial charge in [0.25, 0.3) is 5.56 Å². The molecule has 28 heavy (non-hydrogen) atoms. The highest BCUT2D eigenvalue weighted by Crippen LogP contribution is 2.29. The summed E-state index contributed by atoms with van der Waals surface area (Å²) in [6.07, 6.45) is 8.43. The normalized spacial score (nSPS) is 17.3. The lowest BCUT2D eigenvalue weighted by Crippen LogP contribution is -2.48. The highest BCUT2D eigenvalue weighted by atomic mass is 32.1. The quantitative estimate of drug-likeness (QED) is 0.667. The summed E-state index contributed by atoms with van der Waals surface area (Å²) in [5, 5.41) is 5.82. The lowest BCUT2D eigenvalue weighted by atomic mass is 10.0. The van der Waals surface area contributed by atoms with E-state index in [2.05, 4.69) is 15.0 Å². The molecular weight excluding hydrogens is 370 g/mol. The van der Waals surface area contributed by atoms with Gasteiger partial charge in [0.2, 0.25) is 0 Å². The Morgan fingerprint density at radius 3 is 2.71 bits per heavy atom. The van der Waals surface area contributed by atoms with Gasteiger partial charge in [-0.05, 0) is 43.9 Å². The zero-order chi connectivity index (χ0) is 18.9. The van der Waals surface area contributed by atoms with Crippen molar-refractivity contribution in [1.29, 1.82) is 0 Å². The Labute approximate surface area is 167 Å². The van der Waals surface area contributed by atoms with E-state index in [0.29, 0.717) is 12.5 Å². The number of nitrogens with zero attached hydrogens (tertiary/aromatic N) is 5. The number of pyridine rings is 1. The SMILES string of the molecule is O=c1ccc(-c2ccncc2)nn1CC1CN(Cc2nc3c(s2)CCCC3)C1. The van der Waals surface area contributed by atoms with Gasteiger partial charge in [0.1, 0.15) is 5.01 Å². The molecule has 1 aliphatic carbocycles. The van der Waals surface area contributed by atoms with Gasteiger partial charge in [-0.15, -0.1) is 11.3 Å². The van der Waals surface area contributed by atoms with Crippen LogP contribution in [-0.2, 0) is 25.9 Å². The van der Waals surface area contributed by atoms with Crippen LogP contribution in [0.25, 0.3) is 11.3 Å². The van der Waals surface area contributed by atoms with E-state index in [1.807, 2.05) is 23.5 Å². The van der Waals surface area contributed by atoms with Crippen LogP contribution in [0.1, 0.15) is 28.4 Å². The molecule has 144 valence electrons. The summed E-state index contributed by atoms with van der Waals surface area (Å²) in [6, 6.07) is 7.22. The second-order valence-electron chi connectivity index (χ2n) is 7.72. The molecule has 0 aromatic carbocycles. The van der Waals surface area contributed by atoms with E-state index in [0.717, 1.165) is 37.3 Å². The van der Waals surface area contributed by atoms with Crippen molar-refractivity contribution in [3.8, 4) is 11.3 Å². The van der Waals surface area contributed by atoms with Gasteiger partial charge in [-0.3, -0.25) is 14.7 Å². The van der Waals surface area contributed by atoms with Crippen LogP contribution < -0.4 is 5.56 Å². The van der Waals surface area contributed by atoms with E-state index in [-0.39, 0.29) is 5.56 Å². The van der Waals surface area contributed by atoms with Crippen molar-refractivity contribution in [1.82, 2.24) is 24.6 Å². The van der Waals surface area contributed by atoms with Crippen molar-refractivity contribution in [3.63, 3.8) is 0 Å².